The van der Waals surface area contributed by atoms with Gasteiger partial charge in [0.2, 0.25) is 0 Å². The van der Waals surface area contributed by atoms with Crippen molar-refractivity contribution >= 4 is 0 Å². The fourth-order valence-corrected chi connectivity index (χ4v) is 0.671. The maximum Gasteiger partial charge on any atom is 0 e. The zero-order valence-corrected chi connectivity index (χ0v) is 5.92. The molecule has 0 rings (SSSR count). The molecule has 0 aromatic heterocycles. The van der Waals surface area contributed by atoms with E-state index in [1.54, 1.807) is 0 Å². The largest absolute Gasteiger partial charge is 0.304 e. The van der Waals surface area contributed by atoms with Gasteiger partial charge in [-0.2, -0.15) is 0 Å². The molecular weight excluding hydrogens is 106 g/mol. The summed E-state index contributed by atoms with van der Waals surface area (Å²) >= 11 is 0. The molecule has 0 unspecified atom stereocenters. The molecule has 0 saturated carbocycles. The number of nitrogens with zero attached hydrogens (tertiary/aromatic N) is 1. The third-order valence-corrected chi connectivity index (χ3v) is 1.34. The Morgan fingerprint density at radius 1 is 0.875 bits per heavy atom. The smallest absolute Gasteiger partial charge is 0 e. The van der Waals surface area contributed by atoms with Crippen molar-refractivity contribution in [3.63, 3.8) is 0 Å². The van der Waals surface area contributed by atoms with E-state index in [2.05, 4.69) is 25.7 Å². The second-order valence-electron chi connectivity index (χ2n) is 1.62. The Hall–Kier alpha value is -0.131. The Morgan fingerprint density at radius 2 is 1.12 bits per heavy atom. The van der Waals surface area contributed by atoms with Gasteiger partial charge in [0, 0.05) is 6.15 Å². The maximum absolute atomic E-state index is 2.38. The standard InChI is InChI=1S/C6H15N.Ne/c1-4-7(5-2)6-3;/h4-6H2,1-3H3;. The number of rotatable bonds is 3. The number of hydrogen-bond acceptors (Lipinski definition) is 1. The van der Waals surface area contributed by atoms with E-state index >= 15 is 0 Å². The molecule has 0 fully saturated rings. The molecule has 0 atom stereocenters. The van der Waals surface area contributed by atoms with Crippen LogP contribution in [-0.4, -0.2) is 24.5 Å². The van der Waals surface area contributed by atoms with E-state index in [1.165, 1.54) is 19.6 Å². The Kier molecular flexibility index (Phi) is 9.26. The Morgan fingerprint density at radius 3 is 1.12 bits per heavy atom. The van der Waals surface area contributed by atoms with Crippen LogP contribution in [0.25, 0.3) is 0 Å². The van der Waals surface area contributed by atoms with E-state index in [0.29, 0.717) is 0 Å². The second-order valence-corrected chi connectivity index (χ2v) is 1.62. The molecule has 0 aliphatic carbocycles. The SMILES string of the molecule is CCN(CC)CC.[Ne]. The summed E-state index contributed by atoms with van der Waals surface area (Å²) < 4.78 is 0. The van der Waals surface area contributed by atoms with E-state index in [0.717, 1.165) is 0 Å². The third kappa shape index (κ3) is 4.04. The molecule has 0 bridgehead atoms. The van der Waals surface area contributed by atoms with Crippen molar-refractivity contribution in [2.75, 3.05) is 19.6 Å². The molecule has 0 aromatic rings. The first-order chi connectivity index (χ1) is 3.35. The van der Waals surface area contributed by atoms with E-state index < -0.39 is 0 Å². The Bertz CT molecular complexity index is 30.0. The minimum absolute atomic E-state index is 0. The van der Waals surface area contributed by atoms with E-state index in [9.17, 15) is 0 Å². The van der Waals surface area contributed by atoms with Crippen molar-refractivity contribution in [3.8, 4) is 0 Å². The van der Waals surface area contributed by atoms with Crippen LogP contribution in [0.3, 0.4) is 0 Å². The maximum atomic E-state index is 2.38. The second kappa shape index (κ2) is 6.87. The van der Waals surface area contributed by atoms with Crippen LogP contribution in [0.4, 0.5) is 0 Å². The molecule has 0 aromatic carbocycles. The molecule has 8 heavy (non-hydrogen) atoms. The summed E-state index contributed by atoms with van der Waals surface area (Å²) in [6, 6.07) is 0. The molecule has 2 heteroatoms. The third-order valence-electron chi connectivity index (χ3n) is 1.34. The number of hydrogen-bond donors (Lipinski definition) is 0. The van der Waals surface area contributed by atoms with Gasteiger partial charge in [0.15, 0.2) is 0 Å². The molecule has 0 heterocycles. The van der Waals surface area contributed by atoms with Gasteiger partial charge in [-0.15, -0.1) is 0 Å². The average Bonchev–Trinajstić information content (AvgIpc) is 1.72. The quantitative estimate of drug-likeness (QED) is 0.545. The first-order valence-electron chi connectivity index (χ1n) is 3.07. The van der Waals surface area contributed by atoms with Crippen molar-refractivity contribution < 1.29 is 6.15 Å². The van der Waals surface area contributed by atoms with Gasteiger partial charge in [-0.1, -0.05) is 20.8 Å². The van der Waals surface area contributed by atoms with E-state index in [4.69, 9.17) is 0 Å². The van der Waals surface area contributed by atoms with Crippen LogP contribution >= 0.6 is 0 Å². The van der Waals surface area contributed by atoms with Gasteiger partial charge < -0.3 is 4.90 Å². The van der Waals surface area contributed by atoms with Gasteiger partial charge in [0.1, 0.15) is 0 Å². The summed E-state index contributed by atoms with van der Waals surface area (Å²) in [4.78, 5) is 2.38. The van der Waals surface area contributed by atoms with Gasteiger partial charge in [-0.05, 0) is 19.6 Å². The fraction of sp³-hybridized carbons (Fsp3) is 1.00. The summed E-state index contributed by atoms with van der Waals surface area (Å²) in [5.74, 6) is 0. The van der Waals surface area contributed by atoms with Crippen molar-refractivity contribution in [2.45, 2.75) is 20.8 Å². The minimum atomic E-state index is 0. The van der Waals surface area contributed by atoms with Gasteiger partial charge >= 0.3 is 0 Å². The average molecular weight is 121 g/mol. The normalized spacial score (nSPS) is 9.00. The molecule has 52 valence electrons. The van der Waals surface area contributed by atoms with Crippen molar-refractivity contribution in [3.05, 3.63) is 0 Å². The van der Waals surface area contributed by atoms with Crippen molar-refractivity contribution in [1.29, 1.82) is 0 Å². The monoisotopic (exact) mass is 121 g/mol. The summed E-state index contributed by atoms with van der Waals surface area (Å²) in [6.07, 6.45) is 0. The summed E-state index contributed by atoms with van der Waals surface area (Å²) in [7, 11) is 0. The molecule has 0 spiro atoms. The molecule has 0 amide bonds. The van der Waals surface area contributed by atoms with Crippen LogP contribution in [0.1, 0.15) is 20.8 Å². The van der Waals surface area contributed by atoms with Crippen LogP contribution < -0.4 is 0 Å². The van der Waals surface area contributed by atoms with Crippen molar-refractivity contribution in [2.24, 2.45) is 0 Å². The molecule has 0 saturated heterocycles. The van der Waals surface area contributed by atoms with Crippen LogP contribution in [0.15, 0.2) is 0 Å². The molecule has 1 nitrogen and oxygen atoms in total. The van der Waals surface area contributed by atoms with Crippen LogP contribution in [-0.2, 0) is 0 Å². The van der Waals surface area contributed by atoms with Crippen LogP contribution in [0, 0.1) is 6.15 Å². The zero-order valence-electron chi connectivity index (χ0n) is 5.92. The zero-order chi connectivity index (χ0) is 5.70. The molecule has 0 radical (unpaired) electrons. The minimum Gasteiger partial charge on any atom is -0.304 e. The van der Waals surface area contributed by atoms with Gasteiger partial charge in [0.25, 0.3) is 0 Å². The first-order valence-corrected chi connectivity index (χ1v) is 3.07. The van der Waals surface area contributed by atoms with Gasteiger partial charge in [0.05, 0.1) is 0 Å². The van der Waals surface area contributed by atoms with Gasteiger partial charge in [-0.25, -0.2) is 0 Å². The summed E-state index contributed by atoms with van der Waals surface area (Å²) in [5.41, 5.74) is 0. The summed E-state index contributed by atoms with van der Waals surface area (Å²) in [5, 5.41) is 0. The molecule has 0 aliphatic heterocycles. The fourth-order valence-electron chi connectivity index (χ4n) is 0.671. The topological polar surface area (TPSA) is 3.24 Å². The van der Waals surface area contributed by atoms with E-state index in [1.807, 2.05) is 0 Å². The predicted octanol–water partition coefficient (Wildman–Crippen LogP) is 1.35. The Balaban J connectivity index is 0. The van der Waals surface area contributed by atoms with Gasteiger partial charge in [-0.3, -0.25) is 0 Å². The molecule has 0 aliphatic rings. The van der Waals surface area contributed by atoms with Crippen LogP contribution in [0.2, 0.25) is 0 Å². The van der Waals surface area contributed by atoms with Crippen LogP contribution in [0.5, 0.6) is 0 Å². The molecule has 0 N–H and O–H groups in total. The summed E-state index contributed by atoms with van der Waals surface area (Å²) in [6.45, 7) is 10.1. The Labute approximate surface area is 52.5 Å². The molecular formula is C6H15NNe. The van der Waals surface area contributed by atoms with E-state index in [-0.39, 0.29) is 6.15 Å². The first kappa shape index (κ1) is 10.8. The predicted molar refractivity (Wildman–Crippen MR) is 33.5 cm³/mol. The van der Waals surface area contributed by atoms with Crippen molar-refractivity contribution in [1.82, 2.24) is 4.90 Å².